The molecule has 0 aliphatic heterocycles. The number of alkyl halides is 2. The van der Waals surface area contributed by atoms with Crippen LogP contribution in [0.5, 0.6) is 5.75 Å². The number of hydrogen-bond donors (Lipinski definition) is 1. The molecule has 1 N–H and O–H groups in total. The standard InChI is InChI=1S/C9H6ClF2NO/c10-6-2-1-5-3-4-13-7(5)8(6)14-9(11)12/h1-4,9,13H. The lowest BCUT2D eigenvalue weighted by atomic mass is 10.2. The zero-order valence-corrected chi connectivity index (χ0v) is 7.68. The molecule has 0 spiro atoms. The third-order valence-electron chi connectivity index (χ3n) is 1.84. The Bertz CT molecular complexity index is 455. The first kappa shape index (κ1) is 9.27. The van der Waals surface area contributed by atoms with Crippen molar-refractivity contribution in [3.8, 4) is 5.75 Å². The number of nitrogens with one attached hydrogen (secondary N) is 1. The second kappa shape index (κ2) is 3.46. The van der Waals surface area contributed by atoms with E-state index in [1.165, 1.54) is 6.07 Å². The highest BCUT2D eigenvalue weighted by molar-refractivity contribution is 6.33. The van der Waals surface area contributed by atoms with Gasteiger partial charge in [-0.3, -0.25) is 0 Å². The van der Waals surface area contributed by atoms with E-state index in [9.17, 15) is 8.78 Å². The second-order valence-corrected chi connectivity index (χ2v) is 3.10. The normalized spacial score (nSPS) is 11.1. The Kier molecular flexibility index (Phi) is 2.29. The summed E-state index contributed by atoms with van der Waals surface area (Å²) in [4.78, 5) is 2.79. The molecule has 0 amide bonds. The minimum atomic E-state index is -2.87. The molecule has 1 aromatic carbocycles. The van der Waals surface area contributed by atoms with E-state index < -0.39 is 6.61 Å². The lowest BCUT2D eigenvalue weighted by molar-refractivity contribution is -0.0488. The van der Waals surface area contributed by atoms with Crippen LogP contribution in [0.3, 0.4) is 0 Å². The highest BCUT2D eigenvalue weighted by Gasteiger charge is 2.12. The van der Waals surface area contributed by atoms with Crippen LogP contribution >= 0.6 is 11.6 Å². The molecule has 74 valence electrons. The Morgan fingerprint density at radius 1 is 1.29 bits per heavy atom. The van der Waals surface area contributed by atoms with Crippen LogP contribution in [-0.4, -0.2) is 11.6 Å². The molecule has 0 bridgehead atoms. The largest absolute Gasteiger partial charge is 0.431 e. The van der Waals surface area contributed by atoms with Gasteiger partial charge in [-0.1, -0.05) is 17.7 Å². The number of aromatic nitrogens is 1. The van der Waals surface area contributed by atoms with Gasteiger partial charge in [-0.15, -0.1) is 0 Å². The van der Waals surface area contributed by atoms with E-state index in [4.69, 9.17) is 11.6 Å². The SMILES string of the molecule is FC(F)Oc1c(Cl)ccc2cc[nH]c12. The van der Waals surface area contributed by atoms with Crippen molar-refractivity contribution < 1.29 is 13.5 Å². The molecule has 1 heterocycles. The summed E-state index contributed by atoms with van der Waals surface area (Å²) in [7, 11) is 0. The maximum atomic E-state index is 12.0. The van der Waals surface area contributed by atoms with Gasteiger partial charge in [0, 0.05) is 11.6 Å². The van der Waals surface area contributed by atoms with E-state index in [1.54, 1.807) is 18.3 Å². The zero-order chi connectivity index (χ0) is 10.1. The summed E-state index contributed by atoms with van der Waals surface area (Å²) in [5, 5.41) is 0.949. The molecule has 0 aliphatic carbocycles. The van der Waals surface area contributed by atoms with Crippen molar-refractivity contribution in [3.05, 3.63) is 29.4 Å². The maximum Gasteiger partial charge on any atom is 0.387 e. The van der Waals surface area contributed by atoms with E-state index in [0.717, 1.165) is 5.39 Å². The lowest BCUT2D eigenvalue weighted by Crippen LogP contribution is -2.02. The molecule has 0 aliphatic rings. The number of benzene rings is 1. The number of halogens is 3. The first-order valence-electron chi connectivity index (χ1n) is 3.89. The lowest BCUT2D eigenvalue weighted by Gasteiger charge is -2.07. The molecule has 2 rings (SSSR count). The number of rotatable bonds is 2. The van der Waals surface area contributed by atoms with Gasteiger partial charge < -0.3 is 9.72 Å². The van der Waals surface area contributed by atoms with Crippen LogP contribution in [0.25, 0.3) is 10.9 Å². The van der Waals surface area contributed by atoms with Crippen molar-refractivity contribution in [1.82, 2.24) is 4.98 Å². The monoisotopic (exact) mass is 217 g/mol. The smallest absolute Gasteiger partial charge is 0.387 e. The number of H-pyrrole nitrogens is 1. The molecule has 1 aromatic heterocycles. The van der Waals surface area contributed by atoms with Crippen molar-refractivity contribution in [2.75, 3.05) is 0 Å². The van der Waals surface area contributed by atoms with Crippen molar-refractivity contribution in [1.29, 1.82) is 0 Å². The van der Waals surface area contributed by atoms with E-state index in [2.05, 4.69) is 9.72 Å². The van der Waals surface area contributed by atoms with Gasteiger partial charge in [-0.05, 0) is 12.1 Å². The highest BCUT2D eigenvalue weighted by atomic mass is 35.5. The quantitative estimate of drug-likeness (QED) is 0.819. The average molecular weight is 218 g/mol. The molecule has 0 atom stereocenters. The van der Waals surface area contributed by atoms with Crippen molar-refractivity contribution in [3.63, 3.8) is 0 Å². The van der Waals surface area contributed by atoms with Crippen LogP contribution in [0.1, 0.15) is 0 Å². The Morgan fingerprint density at radius 3 is 2.79 bits per heavy atom. The van der Waals surface area contributed by atoms with Gasteiger partial charge in [0.2, 0.25) is 0 Å². The van der Waals surface area contributed by atoms with Crippen molar-refractivity contribution >= 4 is 22.5 Å². The number of ether oxygens (including phenoxy) is 1. The average Bonchev–Trinajstić information content (AvgIpc) is 2.57. The fourth-order valence-electron chi connectivity index (χ4n) is 1.28. The predicted molar refractivity (Wildman–Crippen MR) is 49.9 cm³/mol. The summed E-state index contributed by atoms with van der Waals surface area (Å²) in [6.07, 6.45) is 1.64. The summed E-state index contributed by atoms with van der Waals surface area (Å²) in [6.45, 7) is -2.87. The Hall–Kier alpha value is -1.29. The summed E-state index contributed by atoms with van der Waals surface area (Å²) in [6, 6.07) is 5.01. The highest BCUT2D eigenvalue weighted by Crippen LogP contribution is 2.33. The minimum absolute atomic E-state index is 0.0100. The zero-order valence-electron chi connectivity index (χ0n) is 6.93. The topological polar surface area (TPSA) is 25.0 Å². The van der Waals surface area contributed by atoms with Gasteiger partial charge in [0.25, 0.3) is 0 Å². The fraction of sp³-hybridized carbons (Fsp3) is 0.111. The molecule has 2 nitrogen and oxygen atoms in total. The first-order chi connectivity index (χ1) is 6.68. The molecule has 0 fully saturated rings. The molecule has 0 saturated carbocycles. The third kappa shape index (κ3) is 1.53. The van der Waals surface area contributed by atoms with Gasteiger partial charge in [-0.25, -0.2) is 0 Å². The minimum Gasteiger partial charge on any atom is -0.431 e. The fourth-order valence-corrected chi connectivity index (χ4v) is 1.48. The van der Waals surface area contributed by atoms with Crippen LogP contribution in [-0.2, 0) is 0 Å². The van der Waals surface area contributed by atoms with Crippen LogP contribution < -0.4 is 4.74 Å². The summed E-state index contributed by atoms with van der Waals surface area (Å²) >= 11 is 5.73. The Labute approximate surface area is 83.4 Å². The van der Waals surface area contributed by atoms with Gasteiger partial charge in [0.05, 0.1) is 10.5 Å². The Balaban J connectivity index is 2.58. The van der Waals surface area contributed by atoms with Gasteiger partial charge >= 0.3 is 6.61 Å². The molecule has 2 aromatic rings. The van der Waals surface area contributed by atoms with Crippen LogP contribution in [0, 0.1) is 0 Å². The molecule has 0 radical (unpaired) electrons. The Morgan fingerprint density at radius 2 is 2.07 bits per heavy atom. The predicted octanol–water partition coefficient (Wildman–Crippen LogP) is 3.42. The maximum absolute atomic E-state index is 12.0. The summed E-state index contributed by atoms with van der Waals surface area (Å²) in [5.41, 5.74) is 0.484. The van der Waals surface area contributed by atoms with Gasteiger partial charge in [-0.2, -0.15) is 8.78 Å². The van der Waals surface area contributed by atoms with Crippen LogP contribution in [0.15, 0.2) is 24.4 Å². The molecule has 0 unspecified atom stereocenters. The molecule has 14 heavy (non-hydrogen) atoms. The van der Waals surface area contributed by atoms with Crippen molar-refractivity contribution in [2.24, 2.45) is 0 Å². The van der Waals surface area contributed by atoms with E-state index >= 15 is 0 Å². The molecular formula is C9H6ClF2NO. The van der Waals surface area contributed by atoms with Crippen LogP contribution in [0.2, 0.25) is 5.02 Å². The summed E-state index contributed by atoms with van der Waals surface area (Å²) in [5.74, 6) is -0.0100. The van der Waals surface area contributed by atoms with E-state index in [1.807, 2.05) is 0 Å². The van der Waals surface area contributed by atoms with Crippen molar-refractivity contribution in [2.45, 2.75) is 6.61 Å². The van der Waals surface area contributed by atoms with E-state index in [0.29, 0.717) is 5.52 Å². The van der Waals surface area contributed by atoms with Gasteiger partial charge in [0.1, 0.15) is 0 Å². The summed E-state index contributed by atoms with van der Waals surface area (Å²) < 4.78 is 28.4. The molecule has 5 heteroatoms. The molecular weight excluding hydrogens is 212 g/mol. The van der Waals surface area contributed by atoms with E-state index in [-0.39, 0.29) is 10.8 Å². The van der Waals surface area contributed by atoms with Gasteiger partial charge in [0.15, 0.2) is 5.75 Å². The third-order valence-corrected chi connectivity index (χ3v) is 2.14. The second-order valence-electron chi connectivity index (χ2n) is 2.70. The number of aromatic amines is 1. The van der Waals surface area contributed by atoms with Crippen LogP contribution in [0.4, 0.5) is 8.78 Å². The molecule has 0 saturated heterocycles. The number of hydrogen-bond acceptors (Lipinski definition) is 1. The number of fused-ring (bicyclic) bond motifs is 1. The first-order valence-corrected chi connectivity index (χ1v) is 4.26.